The first kappa shape index (κ1) is 18.2. The summed E-state index contributed by atoms with van der Waals surface area (Å²) in [4.78, 5) is 39.2. The molecule has 1 N–H and O–H groups in total. The zero-order valence-electron chi connectivity index (χ0n) is 15.5. The molecule has 0 radical (unpaired) electrons. The van der Waals surface area contributed by atoms with E-state index >= 15 is 0 Å². The molecule has 2 heterocycles. The van der Waals surface area contributed by atoms with E-state index in [1.54, 1.807) is 18.2 Å². The van der Waals surface area contributed by atoms with Crippen LogP contribution in [0.3, 0.4) is 0 Å². The quantitative estimate of drug-likeness (QED) is 0.653. The van der Waals surface area contributed by atoms with E-state index in [9.17, 15) is 14.4 Å². The minimum absolute atomic E-state index is 0.0785. The topological polar surface area (TPSA) is 75.7 Å². The van der Waals surface area contributed by atoms with Crippen LogP contribution in [-0.4, -0.2) is 47.9 Å². The Balaban J connectivity index is 1.47. The Labute approximate surface area is 159 Å². The minimum atomic E-state index is -0.324. The first-order chi connectivity index (χ1) is 13.1. The van der Waals surface area contributed by atoms with E-state index in [2.05, 4.69) is 5.32 Å². The number of fused-ring (bicyclic) bond motifs is 1. The lowest BCUT2D eigenvalue weighted by molar-refractivity contribution is 0.0475. The largest absolute Gasteiger partial charge is 0.376 e. The van der Waals surface area contributed by atoms with Crippen molar-refractivity contribution < 1.29 is 19.1 Å². The SMILES string of the molecule is O=C(NC1CCCCCC1)c1ccc2c(c1)C(=O)N(CC1CCCO1)C2=O. The van der Waals surface area contributed by atoms with Gasteiger partial charge in [-0.25, -0.2) is 0 Å². The highest BCUT2D eigenvalue weighted by Crippen LogP contribution is 2.26. The van der Waals surface area contributed by atoms with E-state index in [1.165, 1.54) is 17.7 Å². The molecule has 4 rings (SSSR count). The molecule has 3 aliphatic rings. The second-order valence-electron chi connectivity index (χ2n) is 7.78. The lowest BCUT2D eigenvalue weighted by Crippen LogP contribution is -2.36. The highest BCUT2D eigenvalue weighted by molar-refractivity contribution is 6.22. The number of benzene rings is 1. The summed E-state index contributed by atoms with van der Waals surface area (Å²) in [6.45, 7) is 0.968. The molecule has 1 atom stereocenters. The van der Waals surface area contributed by atoms with Crippen molar-refractivity contribution in [1.82, 2.24) is 10.2 Å². The molecule has 1 aliphatic carbocycles. The lowest BCUT2D eigenvalue weighted by Gasteiger charge is -2.18. The summed E-state index contributed by atoms with van der Waals surface area (Å²) >= 11 is 0. The number of hydrogen-bond donors (Lipinski definition) is 1. The molecule has 1 saturated carbocycles. The Kier molecular flexibility index (Phi) is 5.25. The zero-order valence-corrected chi connectivity index (χ0v) is 15.5. The number of amides is 3. The van der Waals surface area contributed by atoms with Gasteiger partial charge >= 0.3 is 0 Å². The fourth-order valence-corrected chi connectivity index (χ4v) is 4.28. The van der Waals surface area contributed by atoms with Gasteiger partial charge in [-0.15, -0.1) is 0 Å². The molecule has 3 amide bonds. The molecular formula is C21H26N2O4. The van der Waals surface area contributed by atoms with Gasteiger partial charge in [0.1, 0.15) is 0 Å². The van der Waals surface area contributed by atoms with Gasteiger partial charge in [-0.05, 0) is 43.9 Å². The summed E-state index contributed by atoms with van der Waals surface area (Å²) in [6, 6.07) is 5.01. The molecule has 0 bridgehead atoms. The lowest BCUT2D eigenvalue weighted by atomic mass is 10.0. The molecule has 0 spiro atoms. The van der Waals surface area contributed by atoms with Gasteiger partial charge in [-0.3, -0.25) is 19.3 Å². The Morgan fingerprint density at radius 2 is 1.74 bits per heavy atom. The fraction of sp³-hybridized carbons (Fsp3) is 0.571. The molecule has 2 aliphatic heterocycles. The normalized spacial score (nSPS) is 23.4. The van der Waals surface area contributed by atoms with Crippen LogP contribution in [0.15, 0.2) is 18.2 Å². The van der Waals surface area contributed by atoms with Crippen molar-refractivity contribution in [3.05, 3.63) is 34.9 Å². The molecule has 2 fully saturated rings. The van der Waals surface area contributed by atoms with E-state index < -0.39 is 0 Å². The standard InChI is InChI=1S/C21H26N2O4/c24-19(22-15-6-3-1-2-4-7-15)14-9-10-17-18(12-14)21(26)23(20(17)25)13-16-8-5-11-27-16/h9-10,12,15-16H,1-8,11,13H2,(H,22,24). The van der Waals surface area contributed by atoms with Crippen LogP contribution in [0.25, 0.3) is 0 Å². The second-order valence-corrected chi connectivity index (χ2v) is 7.78. The van der Waals surface area contributed by atoms with E-state index in [4.69, 9.17) is 4.74 Å². The Hall–Kier alpha value is -2.21. The molecule has 27 heavy (non-hydrogen) atoms. The summed E-state index contributed by atoms with van der Waals surface area (Å²) in [5.41, 5.74) is 1.15. The number of carbonyl (C=O) groups is 3. The van der Waals surface area contributed by atoms with Crippen LogP contribution >= 0.6 is 0 Å². The Bertz CT molecular complexity index is 747. The van der Waals surface area contributed by atoms with Gasteiger partial charge in [0.05, 0.1) is 23.8 Å². The summed E-state index contributed by atoms with van der Waals surface area (Å²) in [5, 5.41) is 3.09. The van der Waals surface area contributed by atoms with E-state index in [0.29, 0.717) is 23.3 Å². The van der Waals surface area contributed by atoms with Crippen LogP contribution < -0.4 is 5.32 Å². The Morgan fingerprint density at radius 3 is 2.44 bits per heavy atom. The summed E-state index contributed by atoms with van der Waals surface area (Å²) < 4.78 is 5.56. The number of imide groups is 1. The highest BCUT2D eigenvalue weighted by atomic mass is 16.5. The number of hydrogen-bond acceptors (Lipinski definition) is 4. The van der Waals surface area contributed by atoms with Crippen LogP contribution in [0.2, 0.25) is 0 Å². The van der Waals surface area contributed by atoms with Crippen LogP contribution in [0.1, 0.15) is 82.4 Å². The summed E-state index contributed by atoms with van der Waals surface area (Å²) in [6.07, 6.45) is 8.48. The molecule has 6 nitrogen and oxygen atoms in total. The molecule has 0 aromatic heterocycles. The van der Waals surface area contributed by atoms with Crippen LogP contribution in [-0.2, 0) is 4.74 Å². The molecular weight excluding hydrogens is 344 g/mol. The number of carbonyl (C=O) groups excluding carboxylic acids is 3. The van der Waals surface area contributed by atoms with Crippen molar-refractivity contribution in [3.8, 4) is 0 Å². The molecule has 1 unspecified atom stereocenters. The molecule has 1 aromatic carbocycles. The maximum absolute atomic E-state index is 12.7. The number of rotatable bonds is 4. The van der Waals surface area contributed by atoms with Crippen LogP contribution in [0.4, 0.5) is 0 Å². The van der Waals surface area contributed by atoms with Crippen molar-refractivity contribution in [2.75, 3.05) is 13.2 Å². The van der Waals surface area contributed by atoms with Gasteiger partial charge in [-0.1, -0.05) is 25.7 Å². The van der Waals surface area contributed by atoms with Crippen LogP contribution in [0, 0.1) is 0 Å². The van der Waals surface area contributed by atoms with Gasteiger partial charge in [0.25, 0.3) is 17.7 Å². The molecule has 1 aromatic rings. The number of nitrogens with zero attached hydrogens (tertiary/aromatic N) is 1. The number of nitrogens with one attached hydrogen (secondary N) is 1. The maximum Gasteiger partial charge on any atom is 0.261 e. The second kappa shape index (κ2) is 7.80. The fourth-order valence-electron chi connectivity index (χ4n) is 4.28. The van der Waals surface area contributed by atoms with E-state index in [1.807, 2.05) is 0 Å². The highest BCUT2D eigenvalue weighted by Gasteiger charge is 2.38. The van der Waals surface area contributed by atoms with Crippen molar-refractivity contribution in [3.63, 3.8) is 0 Å². The van der Waals surface area contributed by atoms with Crippen LogP contribution in [0.5, 0.6) is 0 Å². The maximum atomic E-state index is 12.7. The van der Waals surface area contributed by atoms with Gasteiger partial charge in [0.15, 0.2) is 0 Å². The van der Waals surface area contributed by atoms with Gasteiger partial charge < -0.3 is 10.1 Å². The minimum Gasteiger partial charge on any atom is -0.376 e. The third kappa shape index (κ3) is 3.76. The van der Waals surface area contributed by atoms with E-state index in [0.717, 1.165) is 38.5 Å². The van der Waals surface area contributed by atoms with Gasteiger partial charge in [0.2, 0.25) is 0 Å². The van der Waals surface area contributed by atoms with Gasteiger partial charge in [-0.2, -0.15) is 0 Å². The van der Waals surface area contributed by atoms with Crippen molar-refractivity contribution in [2.45, 2.75) is 63.5 Å². The number of ether oxygens (including phenoxy) is 1. The van der Waals surface area contributed by atoms with Crippen molar-refractivity contribution in [2.24, 2.45) is 0 Å². The monoisotopic (exact) mass is 370 g/mol. The smallest absolute Gasteiger partial charge is 0.261 e. The first-order valence-electron chi connectivity index (χ1n) is 10.1. The predicted octanol–water partition coefficient (Wildman–Crippen LogP) is 2.91. The van der Waals surface area contributed by atoms with E-state index in [-0.39, 0.29) is 36.4 Å². The summed E-state index contributed by atoms with van der Waals surface area (Å²) in [7, 11) is 0. The third-order valence-corrected chi connectivity index (χ3v) is 5.83. The molecule has 144 valence electrons. The average molecular weight is 370 g/mol. The molecule has 6 heteroatoms. The summed E-state index contributed by atoms with van der Waals surface area (Å²) in [5.74, 6) is -0.779. The third-order valence-electron chi connectivity index (χ3n) is 5.83. The van der Waals surface area contributed by atoms with Crippen molar-refractivity contribution >= 4 is 17.7 Å². The average Bonchev–Trinajstić information content (AvgIpc) is 3.17. The van der Waals surface area contributed by atoms with Gasteiger partial charge in [0, 0.05) is 18.2 Å². The van der Waals surface area contributed by atoms with Crippen molar-refractivity contribution in [1.29, 1.82) is 0 Å². The predicted molar refractivity (Wildman–Crippen MR) is 99.7 cm³/mol. The molecule has 1 saturated heterocycles. The first-order valence-corrected chi connectivity index (χ1v) is 10.1. The Morgan fingerprint density at radius 1 is 1.00 bits per heavy atom. The zero-order chi connectivity index (χ0) is 18.8.